The van der Waals surface area contributed by atoms with Gasteiger partial charge in [0.2, 0.25) is 0 Å². The highest BCUT2D eigenvalue weighted by Crippen LogP contribution is 2.38. The molecule has 2 aliphatic rings. The highest BCUT2D eigenvalue weighted by atomic mass is 32.2. The molecule has 2 atom stereocenters. The highest BCUT2D eigenvalue weighted by Gasteiger charge is 2.34. The van der Waals surface area contributed by atoms with Gasteiger partial charge < -0.3 is 5.32 Å². The van der Waals surface area contributed by atoms with Crippen LogP contribution in [0.15, 0.2) is 0 Å². The van der Waals surface area contributed by atoms with Crippen molar-refractivity contribution in [3.63, 3.8) is 0 Å². The van der Waals surface area contributed by atoms with E-state index in [1.807, 2.05) is 0 Å². The fraction of sp³-hybridized carbons (Fsp3) is 1.00. The van der Waals surface area contributed by atoms with Gasteiger partial charge in [-0.2, -0.15) is 0 Å². The lowest BCUT2D eigenvalue weighted by Gasteiger charge is -2.41. The van der Waals surface area contributed by atoms with Gasteiger partial charge in [0.05, 0.1) is 11.5 Å². The van der Waals surface area contributed by atoms with Crippen LogP contribution in [0, 0.1) is 11.3 Å². The van der Waals surface area contributed by atoms with E-state index in [1.54, 1.807) is 0 Å². The Hall–Kier alpha value is -0.0900. The molecule has 18 heavy (non-hydrogen) atoms. The van der Waals surface area contributed by atoms with Crippen LogP contribution in [0.1, 0.15) is 52.9 Å². The van der Waals surface area contributed by atoms with E-state index in [0.717, 1.165) is 12.8 Å². The van der Waals surface area contributed by atoms with E-state index in [2.05, 4.69) is 26.1 Å². The van der Waals surface area contributed by atoms with E-state index < -0.39 is 9.84 Å². The van der Waals surface area contributed by atoms with Crippen molar-refractivity contribution < 1.29 is 8.42 Å². The predicted molar refractivity (Wildman–Crippen MR) is 75.4 cm³/mol. The molecule has 106 valence electrons. The Labute approximate surface area is 112 Å². The van der Waals surface area contributed by atoms with Crippen LogP contribution in [0.3, 0.4) is 0 Å². The summed E-state index contributed by atoms with van der Waals surface area (Å²) in [6, 6.07) is 1.01. The van der Waals surface area contributed by atoms with Crippen molar-refractivity contribution in [1.82, 2.24) is 5.32 Å². The third-order valence-electron chi connectivity index (χ3n) is 4.70. The van der Waals surface area contributed by atoms with E-state index >= 15 is 0 Å². The van der Waals surface area contributed by atoms with E-state index in [4.69, 9.17) is 0 Å². The molecule has 1 aliphatic heterocycles. The van der Waals surface area contributed by atoms with Crippen LogP contribution in [0.4, 0.5) is 0 Å². The van der Waals surface area contributed by atoms with Gasteiger partial charge in [0.25, 0.3) is 0 Å². The van der Waals surface area contributed by atoms with Crippen molar-refractivity contribution in [2.75, 3.05) is 11.5 Å². The second kappa shape index (κ2) is 5.12. The maximum atomic E-state index is 11.4. The average Bonchev–Trinajstić information content (AvgIpc) is 2.24. The van der Waals surface area contributed by atoms with Gasteiger partial charge >= 0.3 is 0 Å². The molecule has 1 saturated carbocycles. The van der Waals surface area contributed by atoms with Gasteiger partial charge in [-0.05, 0) is 43.4 Å². The molecule has 2 unspecified atom stereocenters. The lowest BCUT2D eigenvalue weighted by atomic mass is 9.70. The fourth-order valence-corrected chi connectivity index (χ4v) is 5.05. The number of nitrogens with one attached hydrogen (secondary N) is 1. The summed E-state index contributed by atoms with van der Waals surface area (Å²) < 4.78 is 22.8. The molecule has 2 rings (SSSR count). The molecule has 0 spiro atoms. The minimum Gasteiger partial charge on any atom is -0.311 e. The molecule has 0 radical (unpaired) electrons. The topological polar surface area (TPSA) is 46.2 Å². The molecule has 0 aromatic carbocycles. The summed E-state index contributed by atoms with van der Waals surface area (Å²) in [7, 11) is -2.73. The fourth-order valence-electron chi connectivity index (χ4n) is 3.55. The molecule has 1 heterocycles. The van der Waals surface area contributed by atoms with E-state index in [1.165, 1.54) is 19.3 Å². The summed E-state index contributed by atoms with van der Waals surface area (Å²) in [5.41, 5.74) is 0.480. The quantitative estimate of drug-likeness (QED) is 0.840. The van der Waals surface area contributed by atoms with Crippen molar-refractivity contribution in [2.24, 2.45) is 11.3 Å². The first kappa shape index (κ1) is 14.3. The first-order valence-electron chi connectivity index (χ1n) is 7.24. The van der Waals surface area contributed by atoms with Gasteiger partial charge in [-0.15, -0.1) is 0 Å². The molecular weight excluding hydrogens is 246 g/mol. The Balaban J connectivity index is 1.84. The second-order valence-electron chi connectivity index (χ2n) is 7.08. The maximum absolute atomic E-state index is 11.4. The first-order chi connectivity index (χ1) is 8.27. The summed E-state index contributed by atoms with van der Waals surface area (Å²) >= 11 is 0. The normalized spacial score (nSPS) is 36.4. The minimum atomic E-state index is -2.73. The van der Waals surface area contributed by atoms with Gasteiger partial charge in [-0.3, -0.25) is 0 Å². The highest BCUT2D eigenvalue weighted by molar-refractivity contribution is 7.91. The summed E-state index contributed by atoms with van der Waals surface area (Å²) in [6.07, 6.45) is 5.39. The molecule has 4 heteroatoms. The van der Waals surface area contributed by atoms with Crippen molar-refractivity contribution in [1.29, 1.82) is 0 Å². The van der Waals surface area contributed by atoms with Crippen LogP contribution < -0.4 is 5.32 Å². The average molecular weight is 273 g/mol. The summed E-state index contributed by atoms with van der Waals surface area (Å²) in [5.74, 6) is 1.45. The Morgan fingerprint density at radius 2 is 1.72 bits per heavy atom. The lowest BCUT2D eigenvalue weighted by molar-refractivity contribution is 0.140. The SMILES string of the molecule is CC1CC(C)(C)CCC1NC1CCS(=O)(=O)CC1. The Morgan fingerprint density at radius 3 is 2.28 bits per heavy atom. The van der Waals surface area contributed by atoms with Crippen molar-refractivity contribution in [3.8, 4) is 0 Å². The zero-order chi connectivity index (χ0) is 13.4. The Bertz CT molecular complexity index is 375. The molecule has 1 aliphatic carbocycles. The molecule has 0 amide bonds. The molecular formula is C14H27NO2S. The monoisotopic (exact) mass is 273 g/mol. The van der Waals surface area contributed by atoms with Crippen molar-refractivity contribution in [2.45, 2.75) is 65.0 Å². The molecule has 0 aromatic rings. The van der Waals surface area contributed by atoms with Crippen molar-refractivity contribution in [3.05, 3.63) is 0 Å². The van der Waals surface area contributed by atoms with Crippen LogP contribution in [0.25, 0.3) is 0 Å². The van der Waals surface area contributed by atoms with Gasteiger partial charge in [0.1, 0.15) is 9.84 Å². The summed E-state index contributed by atoms with van der Waals surface area (Å²) in [4.78, 5) is 0. The molecule has 2 fully saturated rings. The maximum Gasteiger partial charge on any atom is 0.150 e. The van der Waals surface area contributed by atoms with Crippen LogP contribution in [0.5, 0.6) is 0 Å². The van der Waals surface area contributed by atoms with E-state index in [0.29, 0.717) is 34.9 Å². The zero-order valence-corrected chi connectivity index (χ0v) is 12.7. The van der Waals surface area contributed by atoms with Gasteiger partial charge in [0, 0.05) is 12.1 Å². The third-order valence-corrected chi connectivity index (χ3v) is 6.41. The van der Waals surface area contributed by atoms with Crippen LogP contribution in [-0.2, 0) is 9.84 Å². The molecule has 0 aromatic heterocycles. The molecule has 1 saturated heterocycles. The van der Waals surface area contributed by atoms with Gasteiger partial charge in [-0.25, -0.2) is 8.42 Å². The predicted octanol–water partition coefficient (Wildman–Crippen LogP) is 2.37. The largest absolute Gasteiger partial charge is 0.311 e. The summed E-state index contributed by atoms with van der Waals surface area (Å²) in [5, 5.41) is 3.72. The van der Waals surface area contributed by atoms with Gasteiger partial charge in [0.15, 0.2) is 0 Å². The summed E-state index contributed by atoms with van der Waals surface area (Å²) in [6.45, 7) is 7.04. The van der Waals surface area contributed by atoms with Crippen molar-refractivity contribution >= 4 is 9.84 Å². The zero-order valence-electron chi connectivity index (χ0n) is 11.9. The smallest absolute Gasteiger partial charge is 0.150 e. The molecule has 0 bridgehead atoms. The number of hydrogen-bond donors (Lipinski definition) is 1. The van der Waals surface area contributed by atoms with Gasteiger partial charge in [-0.1, -0.05) is 20.8 Å². The minimum absolute atomic E-state index is 0.372. The lowest BCUT2D eigenvalue weighted by Crippen LogP contribution is -2.48. The standard InChI is InChI=1S/C14H27NO2S/c1-11-10-14(2,3)7-4-13(11)15-12-5-8-18(16,17)9-6-12/h11-13,15H,4-10H2,1-3H3. The van der Waals surface area contributed by atoms with E-state index in [9.17, 15) is 8.42 Å². The number of rotatable bonds is 2. The second-order valence-corrected chi connectivity index (χ2v) is 9.39. The third kappa shape index (κ3) is 3.70. The van der Waals surface area contributed by atoms with Crippen LogP contribution >= 0.6 is 0 Å². The number of sulfone groups is 1. The first-order valence-corrected chi connectivity index (χ1v) is 9.06. The number of hydrogen-bond acceptors (Lipinski definition) is 3. The van der Waals surface area contributed by atoms with E-state index in [-0.39, 0.29) is 0 Å². The Kier molecular flexibility index (Phi) is 4.07. The Morgan fingerprint density at radius 1 is 1.11 bits per heavy atom. The molecule has 3 nitrogen and oxygen atoms in total. The molecule has 1 N–H and O–H groups in total. The van der Waals surface area contributed by atoms with Crippen LogP contribution in [0.2, 0.25) is 0 Å². The van der Waals surface area contributed by atoms with Crippen LogP contribution in [-0.4, -0.2) is 32.0 Å².